The topological polar surface area (TPSA) is 74.7 Å². The molecule has 1 aliphatic heterocycles. The van der Waals surface area contributed by atoms with Gasteiger partial charge in [-0.25, -0.2) is 0 Å². The van der Waals surface area contributed by atoms with E-state index in [0.717, 1.165) is 11.8 Å². The molecule has 19 heavy (non-hydrogen) atoms. The Balaban J connectivity index is 2.23. The van der Waals surface area contributed by atoms with Gasteiger partial charge in [0.1, 0.15) is 6.54 Å². The van der Waals surface area contributed by atoms with E-state index >= 15 is 0 Å². The highest BCUT2D eigenvalue weighted by molar-refractivity contribution is 8.18. The predicted octanol–water partition coefficient (Wildman–Crippen LogP) is 2.46. The second-order valence-corrected chi connectivity index (χ2v) is 5.14. The van der Waals surface area contributed by atoms with Gasteiger partial charge in [-0.3, -0.25) is 19.3 Å². The molecule has 98 valence electrons. The lowest BCUT2D eigenvalue weighted by Crippen LogP contribution is -2.33. The van der Waals surface area contributed by atoms with Gasteiger partial charge < -0.3 is 5.11 Å². The Morgan fingerprint density at radius 3 is 2.53 bits per heavy atom. The van der Waals surface area contributed by atoms with Crippen LogP contribution in [0.25, 0.3) is 6.08 Å². The number of thioether (sulfide) groups is 1. The van der Waals surface area contributed by atoms with E-state index < -0.39 is 23.7 Å². The second kappa shape index (κ2) is 5.46. The molecule has 1 saturated heterocycles. The summed E-state index contributed by atoms with van der Waals surface area (Å²) < 4.78 is 0. The molecule has 0 saturated carbocycles. The molecule has 0 aromatic heterocycles. The molecular weight excluding hydrogens is 290 g/mol. The largest absolute Gasteiger partial charge is 0.480 e. The molecule has 2 amide bonds. The van der Waals surface area contributed by atoms with Gasteiger partial charge in [-0.05, 0) is 35.5 Å². The zero-order valence-electron chi connectivity index (χ0n) is 9.50. The summed E-state index contributed by atoms with van der Waals surface area (Å²) in [5.74, 6) is -1.82. The predicted molar refractivity (Wildman–Crippen MR) is 71.8 cm³/mol. The number of nitrogens with zero attached hydrogens (tertiary/aromatic N) is 1. The maximum atomic E-state index is 11.8. The van der Waals surface area contributed by atoms with Crippen LogP contribution in [0.1, 0.15) is 5.56 Å². The van der Waals surface area contributed by atoms with E-state index in [-0.39, 0.29) is 4.91 Å². The van der Waals surface area contributed by atoms with E-state index in [2.05, 4.69) is 0 Å². The lowest BCUT2D eigenvalue weighted by atomic mass is 10.2. The number of carboxylic acid groups (broad SMARTS) is 1. The average molecular weight is 298 g/mol. The molecule has 0 unspecified atom stereocenters. The summed E-state index contributed by atoms with van der Waals surface area (Å²) in [5.41, 5.74) is 0.713. The molecule has 2 rings (SSSR count). The highest BCUT2D eigenvalue weighted by Crippen LogP contribution is 2.32. The number of amides is 2. The molecule has 7 heteroatoms. The summed E-state index contributed by atoms with van der Waals surface area (Å²) in [6, 6.07) is 6.73. The first-order valence-electron chi connectivity index (χ1n) is 5.20. The van der Waals surface area contributed by atoms with Crippen molar-refractivity contribution in [3.05, 3.63) is 39.8 Å². The number of carboxylic acids is 1. The summed E-state index contributed by atoms with van der Waals surface area (Å²) in [6.07, 6.45) is 1.53. The number of hydrogen-bond donors (Lipinski definition) is 1. The lowest BCUT2D eigenvalue weighted by Gasteiger charge is -2.07. The van der Waals surface area contributed by atoms with Gasteiger partial charge >= 0.3 is 5.97 Å². The Morgan fingerprint density at radius 2 is 1.95 bits per heavy atom. The third kappa shape index (κ3) is 3.15. The monoisotopic (exact) mass is 297 g/mol. The van der Waals surface area contributed by atoms with E-state index in [0.29, 0.717) is 15.5 Å². The van der Waals surface area contributed by atoms with Crippen LogP contribution in [0.15, 0.2) is 29.2 Å². The summed E-state index contributed by atoms with van der Waals surface area (Å²) in [4.78, 5) is 34.8. The molecule has 0 spiro atoms. The number of hydrogen-bond acceptors (Lipinski definition) is 4. The van der Waals surface area contributed by atoms with Crippen LogP contribution in [0, 0.1) is 0 Å². The molecule has 5 nitrogen and oxygen atoms in total. The summed E-state index contributed by atoms with van der Waals surface area (Å²) in [6.45, 7) is -0.622. The quantitative estimate of drug-likeness (QED) is 0.867. The van der Waals surface area contributed by atoms with Crippen molar-refractivity contribution < 1.29 is 19.5 Å². The molecule has 1 aromatic carbocycles. The van der Waals surface area contributed by atoms with E-state index in [1.54, 1.807) is 24.3 Å². The smallest absolute Gasteiger partial charge is 0.323 e. The van der Waals surface area contributed by atoms with Gasteiger partial charge in [0.05, 0.1) is 4.91 Å². The Bertz CT molecular complexity index is 582. The van der Waals surface area contributed by atoms with Crippen molar-refractivity contribution >= 4 is 46.6 Å². The summed E-state index contributed by atoms with van der Waals surface area (Å²) in [7, 11) is 0. The highest BCUT2D eigenvalue weighted by atomic mass is 35.5. The van der Waals surface area contributed by atoms with Gasteiger partial charge in [0.2, 0.25) is 0 Å². The maximum Gasteiger partial charge on any atom is 0.323 e. The fourth-order valence-corrected chi connectivity index (χ4v) is 2.45. The molecule has 0 aliphatic carbocycles. The molecule has 1 aromatic rings. The van der Waals surface area contributed by atoms with E-state index in [1.807, 2.05) is 0 Å². The van der Waals surface area contributed by atoms with Gasteiger partial charge in [-0.15, -0.1) is 0 Å². The zero-order valence-corrected chi connectivity index (χ0v) is 11.1. The third-order valence-electron chi connectivity index (χ3n) is 2.33. The number of benzene rings is 1. The highest BCUT2D eigenvalue weighted by Gasteiger charge is 2.36. The van der Waals surface area contributed by atoms with Gasteiger partial charge in [-0.1, -0.05) is 23.7 Å². The Hall–Kier alpha value is -1.79. The summed E-state index contributed by atoms with van der Waals surface area (Å²) >= 11 is 6.47. The Kier molecular flexibility index (Phi) is 3.92. The summed E-state index contributed by atoms with van der Waals surface area (Å²) in [5, 5.41) is 8.62. The van der Waals surface area contributed by atoms with Gasteiger partial charge in [0.25, 0.3) is 11.1 Å². The van der Waals surface area contributed by atoms with Gasteiger partial charge in [-0.2, -0.15) is 0 Å². The van der Waals surface area contributed by atoms with Gasteiger partial charge in [0.15, 0.2) is 0 Å². The Morgan fingerprint density at radius 1 is 1.32 bits per heavy atom. The average Bonchev–Trinajstić information content (AvgIpc) is 2.60. The molecule has 1 aliphatic rings. The number of carbonyl (C=O) groups excluding carboxylic acids is 2. The minimum absolute atomic E-state index is 0.202. The van der Waals surface area contributed by atoms with Crippen LogP contribution in [0.4, 0.5) is 4.79 Å². The number of aliphatic carboxylic acids is 1. The van der Waals surface area contributed by atoms with Gasteiger partial charge in [0, 0.05) is 5.02 Å². The van der Waals surface area contributed by atoms with Crippen LogP contribution < -0.4 is 0 Å². The molecule has 0 radical (unpaired) electrons. The maximum absolute atomic E-state index is 11.8. The van der Waals surface area contributed by atoms with Crippen molar-refractivity contribution in [1.29, 1.82) is 0 Å². The van der Waals surface area contributed by atoms with E-state index in [9.17, 15) is 14.4 Å². The lowest BCUT2D eigenvalue weighted by molar-refractivity contribution is -0.140. The fraction of sp³-hybridized carbons (Fsp3) is 0.0833. The Labute approximate surface area is 117 Å². The SMILES string of the molecule is O=C(O)CN1C(=O)S/C(=C\c2ccc(Cl)cc2)C1=O. The molecule has 1 N–H and O–H groups in total. The fourth-order valence-electron chi connectivity index (χ4n) is 1.48. The number of imide groups is 1. The number of halogens is 1. The van der Waals surface area contributed by atoms with Crippen LogP contribution in [-0.2, 0) is 9.59 Å². The van der Waals surface area contributed by atoms with E-state index in [1.165, 1.54) is 6.08 Å². The van der Waals surface area contributed by atoms with Crippen LogP contribution in [0.5, 0.6) is 0 Å². The van der Waals surface area contributed by atoms with E-state index in [4.69, 9.17) is 16.7 Å². The number of carbonyl (C=O) groups is 3. The van der Waals surface area contributed by atoms with Crippen LogP contribution >= 0.6 is 23.4 Å². The molecule has 1 fully saturated rings. The molecule has 1 heterocycles. The normalized spacial score (nSPS) is 17.3. The van der Waals surface area contributed by atoms with Crippen LogP contribution in [0.2, 0.25) is 5.02 Å². The van der Waals surface area contributed by atoms with Crippen molar-refractivity contribution in [2.75, 3.05) is 6.54 Å². The van der Waals surface area contributed by atoms with Crippen molar-refractivity contribution in [3.8, 4) is 0 Å². The van der Waals surface area contributed by atoms with Crippen molar-refractivity contribution in [2.24, 2.45) is 0 Å². The minimum Gasteiger partial charge on any atom is -0.480 e. The minimum atomic E-state index is -1.23. The number of rotatable bonds is 3. The van der Waals surface area contributed by atoms with Crippen LogP contribution in [0.3, 0.4) is 0 Å². The van der Waals surface area contributed by atoms with Crippen molar-refractivity contribution in [3.63, 3.8) is 0 Å². The van der Waals surface area contributed by atoms with Crippen LogP contribution in [-0.4, -0.2) is 33.7 Å². The van der Waals surface area contributed by atoms with Crippen molar-refractivity contribution in [2.45, 2.75) is 0 Å². The first-order valence-corrected chi connectivity index (χ1v) is 6.39. The van der Waals surface area contributed by atoms with Crippen molar-refractivity contribution in [1.82, 2.24) is 4.90 Å². The first-order chi connectivity index (χ1) is 8.97. The first kappa shape index (κ1) is 13.6. The molecule has 0 atom stereocenters. The molecular formula is C12H8ClNO4S. The second-order valence-electron chi connectivity index (χ2n) is 3.71. The standard InChI is InChI=1S/C12H8ClNO4S/c13-8-3-1-7(2-4-8)5-9-11(17)14(6-10(15)16)12(18)19-9/h1-5H,6H2,(H,15,16)/b9-5-. The molecule has 0 bridgehead atoms. The zero-order chi connectivity index (χ0) is 14.0. The third-order valence-corrected chi connectivity index (χ3v) is 3.49.